The van der Waals surface area contributed by atoms with Crippen LogP contribution in [0.2, 0.25) is 0 Å². The number of carbonyl (C=O) groups excluding carboxylic acids is 4. The number of β-lactam (4-membered cyclic amide) rings is 1. The van der Waals surface area contributed by atoms with Gasteiger partial charge in [-0.1, -0.05) is 60.7 Å². The van der Waals surface area contributed by atoms with Crippen molar-refractivity contribution in [3.63, 3.8) is 0 Å². The third kappa shape index (κ3) is 3.66. The van der Waals surface area contributed by atoms with Crippen LogP contribution in [-0.4, -0.2) is 58.1 Å². The number of nitrogens with zero attached hydrogens (tertiary/aromatic N) is 1. The summed E-state index contributed by atoms with van der Waals surface area (Å²) in [5, 5.41) is -0.553. The van der Waals surface area contributed by atoms with Crippen LogP contribution >= 0.6 is 11.8 Å². The van der Waals surface area contributed by atoms with Crippen LogP contribution in [0.3, 0.4) is 0 Å². The molecule has 38 heavy (non-hydrogen) atoms. The summed E-state index contributed by atoms with van der Waals surface area (Å²) in [6.07, 6.45) is -0.645. The third-order valence-electron chi connectivity index (χ3n) is 7.73. The predicted octanol–water partition coefficient (Wildman–Crippen LogP) is 3.88. The Morgan fingerprint density at radius 1 is 0.921 bits per heavy atom. The first kappa shape index (κ1) is 26.3. The van der Waals surface area contributed by atoms with Crippen molar-refractivity contribution in [1.29, 1.82) is 0 Å². The van der Waals surface area contributed by atoms with Crippen LogP contribution in [-0.2, 0) is 33.4 Å². The molecule has 0 unspecified atom stereocenters. The average molecular weight is 538 g/mol. The lowest BCUT2D eigenvalue weighted by Crippen LogP contribution is -2.67. The largest absolute Gasteiger partial charge is 0.465 e. The van der Waals surface area contributed by atoms with Gasteiger partial charge in [-0.15, -0.1) is 11.8 Å². The van der Waals surface area contributed by atoms with E-state index in [1.54, 1.807) is 13.8 Å². The summed E-state index contributed by atoms with van der Waals surface area (Å²) in [6.45, 7) is 7.20. The van der Waals surface area contributed by atoms with Crippen LogP contribution in [0.4, 0.5) is 0 Å². The van der Waals surface area contributed by atoms with Crippen LogP contribution in [0.5, 0.6) is 0 Å². The molecule has 2 aromatic carbocycles. The molecule has 2 heterocycles. The molecular formula is C29H31NO7S. The summed E-state index contributed by atoms with van der Waals surface area (Å²) in [5.41, 5.74) is -1.34. The van der Waals surface area contributed by atoms with Crippen molar-refractivity contribution < 1.29 is 33.4 Å². The molecule has 3 aliphatic rings. The van der Waals surface area contributed by atoms with Crippen molar-refractivity contribution in [3.8, 4) is 0 Å². The fourth-order valence-corrected chi connectivity index (χ4v) is 7.74. The Balaban J connectivity index is 1.45. The van der Waals surface area contributed by atoms with Gasteiger partial charge in [0.15, 0.2) is 11.5 Å². The van der Waals surface area contributed by atoms with E-state index in [0.29, 0.717) is 0 Å². The number of fused-ring (bicyclic) bond motifs is 2. The molecule has 1 amide bonds. The highest BCUT2D eigenvalue weighted by molar-refractivity contribution is 8.01. The quantitative estimate of drug-likeness (QED) is 0.217. The van der Waals surface area contributed by atoms with Crippen molar-refractivity contribution in [3.05, 3.63) is 71.8 Å². The normalized spacial score (nSPS) is 25.9. The number of thioether (sulfide) groups is 1. The number of hydrogen-bond acceptors (Lipinski definition) is 8. The smallest absolute Gasteiger partial charge is 0.331 e. The molecule has 8 nitrogen and oxygen atoms in total. The molecular weight excluding hydrogens is 506 g/mol. The van der Waals surface area contributed by atoms with Crippen LogP contribution < -0.4 is 0 Å². The predicted molar refractivity (Wildman–Crippen MR) is 140 cm³/mol. The van der Waals surface area contributed by atoms with E-state index in [1.165, 1.54) is 16.7 Å². The molecule has 0 radical (unpaired) electrons. The van der Waals surface area contributed by atoms with Gasteiger partial charge in [-0.2, -0.15) is 0 Å². The zero-order valence-electron chi connectivity index (χ0n) is 21.8. The van der Waals surface area contributed by atoms with Gasteiger partial charge >= 0.3 is 17.9 Å². The van der Waals surface area contributed by atoms with Crippen molar-refractivity contribution in [2.45, 2.75) is 56.4 Å². The Kier molecular flexibility index (Phi) is 6.54. The molecule has 1 spiro atoms. The zero-order valence-corrected chi connectivity index (χ0v) is 22.7. The first-order chi connectivity index (χ1) is 18.2. The number of ether oxygens (including phenoxy) is 3. The molecule has 2 aromatic rings. The maximum atomic E-state index is 13.8. The first-order valence-electron chi connectivity index (χ1n) is 12.8. The van der Waals surface area contributed by atoms with Gasteiger partial charge in [-0.05, 0) is 45.2 Å². The number of carbonyl (C=O) groups is 4. The van der Waals surface area contributed by atoms with E-state index in [4.69, 9.17) is 14.2 Å². The number of esters is 3. The van der Waals surface area contributed by atoms with Crippen molar-refractivity contribution in [1.82, 2.24) is 4.90 Å². The van der Waals surface area contributed by atoms with E-state index in [2.05, 4.69) is 0 Å². The van der Waals surface area contributed by atoms with Gasteiger partial charge in [-0.25, -0.2) is 4.79 Å². The highest BCUT2D eigenvalue weighted by Crippen LogP contribution is 2.78. The molecule has 200 valence electrons. The van der Waals surface area contributed by atoms with Crippen molar-refractivity contribution in [2.24, 2.45) is 10.8 Å². The number of amides is 1. The summed E-state index contributed by atoms with van der Waals surface area (Å²) in [4.78, 5) is 55.1. The molecule has 2 saturated heterocycles. The molecule has 0 N–H and O–H groups in total. The molecule has 9 heteroatoms. The molecule has 5 rings (SSSR count). The minimum absolute atomic E-state index is 0.0131. The highest BCUT2D eigenvalue weighted by atomic mass is 32.2. The van der Waals surface area contributed by atoms with Crippen LogP contribution in [0.25, 0.3) is 0 Å². The first-order valence-corrected chi connectivity index (χ1v) is 13.7. The van der Waals surface area contributed by atoms with Gasteiger partial charge in [0.25, 0.3) is 0 Å². The van der Waals surface area contributed by atoms with Gasteiger partial charge in [0.2, 0.25) is 5.91 Å². The van der Waals surface area contributed by atoms with E-state index in [1.807, 2.05) is 74.5 Å². The molecule has 1 aliphatic carbocycles. The second-order valence-corrected chi connectivity index (χ2v) is 12.1. The summed E-state index contributed by atoms with van der Waals surface area (Å²) in [5.74, 6) is -2.45. The maximum Gasteiger partial charge on any atom is 0.331 e. The topological polar surface area (TPSA) is 99.2 Å². The SMILES string of the molecule is CCOC(=O)C1(C(=O)OCC)C[C@@]12C(=O)N1[C@@H](C(=O)OC(c3ccccc3)c3ccccc3)C(C)(C)S[C@@H]12. The maximum absolute atomic E-state index is 13.8. The van der Waals surface area contributed by atoms with E-state index in [-0.39, 0.29) is 19.6 Å². The minimum atomic E-state index is -1.68. The standard InChI is InChI=1S/C29H31NO7S/c1-5-35-25(33)29(26(34)36-6-2)17-28(29)23(32)30-21(27(3,4)38-24(28)30)22(31)37-20(18-13-9-7-10-14-18)19-15-11-8-12-16-19/h7-16,20-21,24H,5-6,17H2,1-4H3/t21-,24+,28-/m0/s1. The van der Waals surface area contributed by atoms with E-state index >= 15 is 0 Å². The monoisotopic (exact) mass is 537 g/mol. The van der Waals surface area contributed by atoms with E-state index < -0.39 is 56.9 Å². The fraction of sp³-hybridized carbons (Fsp3) is 0.448. The fourth-order valence-electron chi connectivity index (χ4n) is 5.90. The van der Waals surface area contributed by atoms with Crippen molar-refractivity contribution >= 4 is 35.6 Å². The number of rotatable bonds is 8. The van der Waals surface area contributed by atoms with E-state index in [9.17, 15) is 19.2 Å². The molecule has 1 saturated carbocycles. The summed E-state index contributed by atoms with van der Waals surface area (Å²) in [6, 6.07) is 18.0. The average Bonchev–Trinajstić information content (AvgIpc) is 3.58. The molecule has 0 bridgehead atoms. The minimum Gasteiger partial charge on any atom is -0.465 e. The lowest BCUT2D eigenvalue weighted by molar-refractivity contribution is -0.181. The summed E-state index contributed by atoms with van der Waals surface area (Å²) >= 11 is 1.41. The number of hydrogen-bond donors (Lipinski definition) is 0. The van der Waals surface area contributed by atoms with Crippen LogP contribution in [0, 0.1) is 10.8 Å². The Morgan fingerprint density at radius 3 is 1.89 bits per heavy atom. The summed E-state index contributed by atoms with van der Waals surface area (Å²) in [7, 11) is 0. The third-order valence-corrected chi connectivity index (χ3v) is 9.42. The summed E-state index contributed by atoms with van der Waals surface area (Å²) < 4.78 is 15.9. The highest BCUT2D eigenvalue weighted by Gasteiger charge is 2.93. The van der Waals surface area contributed by atoms with Gasteiger partial charge in [0.1, 0.15) is 11.5 Å². The Morgan fingerprint density at radius 2 is 1.42 bits per heavy atom. The lowest BCUT2D eigenvalue weighted by atomic mass is 9.81. The molecule has 2 aliphatic heterocycles. The number of benzene rings is 2. The van der Waals surface area contributed by atoms with Gasteiger partial charge in [0.05, 0.1) is 18.6 Å². The zero-order chi connectivity index (χ0) is 27.3. The van der Waals surface area contributed by atoms with Crippen molar-refractivity contribution in [2.75, 3.05) is 13.2 Å². The Labute approximate surface area is 226 Å². The van der Waals surface area contributed by atoms with Gasteiger partial charge in [0, 0.05) is 4.75 Å². The molecule has 3 fully saturated rings. The van der Waals surface area contributed by atoms with Gasteiger partial charge in [-0.3, -0.25) is 14.4 Å². The Hall–Kier alpha value is -3.33. The Bertz CT molecular complexity index is 1210. The van der Waals surface area contributed by atoms with E-state index in [0.717, 1.165) is 11.1 Å². The van der Waals surface area contributed by atoms with Crippen LogP contribution in [0.15, 0.2) is 60.7 Å². The molecule has 3 atom stereocenters. The molecule has 0 aromatic heterocycles. The lowest BCUT2D eigenvalue weighted by Gasteiger charge is -2.46. The second kappa shape index (κ2) is 9.45. The van der Waals surface area contributed by atoms with Gasteiger partial charge < -0.3 is 19.1 Å². The second-order valence-electron chi connectivity index (χ2n) is 10.3. The van der Waals surface area contributed by atoms with Crippen LogP contribution in [0.1, 0.15) is 51.3 Å².